The van der Waals surface area contributed by atoms with Crippen LogP contribution in [0.5, 0.6) is 11.5 Å². The topological polar surface area (TPSA) is 38.8 Å². The summed E-state index contributed by atoms with van der Waals surface area (Å²) in [6, 6.07) is 6.04. The van der Waals surface area contributed by atoms with Crippen LogP contribution in [0.1, 0.15) is 64.0 Å². The summed E-state index contributed by atoms with van der Waals surface area (Å²) in [6.45, 7) is -7.18. The molecule has 1 aliphatic carbocycles. The van der Waals surface area contributed by atoms with Crippen LogP contribution in [0.25, 0.3) is 0 Å². The first-order valence-corrected chi connectivity index (χ1v) is 8.61. The summed E-state index contributed by atoms with van der Waals surface area (Å²) in [6.07, 6.45) is -8.66. The van der Waals surface area contributed by atoms with E-state index >= 15 is 0 Å². The number of benzene rings is 2. The summed E-state index contributed by atoms with van der Waals surface area (Å²) in [4.78, 5) is 14.0. The lowest BCUT2D eigenvalue weighted by Crippen LogP contribution is -2.34. The molecule has 2 aromatic rings. The van der Waals surface area contributed by atoms with Gasteiger partial charge in [-0.05, 0) is 67.7 Å². The quantitative estimate of drug-likeness (QED) is 0.727. The van der Waals surface area contributed by atoms with E-state index in [4.69, 9.17) is 32.8 Å². The van der Waals surface area contributed by atoms with Crippen molar-refractivity contribution in [3.8, 4) is 11.5 Å². The minimum atomic E-state index is -3.47. The molecule has 0 spiro atoms. The molecule has 1 heterocycles. The van der Waals surface area contributed by atoms with Crippen molar-refractivity contribution < 1.29 is 37.6 Å². The fourth-order valence-corrected chi connectivity index (χ4v) is 3.24. The summed E-state index contributed by atoms with van der Waals surface area (Å²) in [5.41, 5.74) is -0.601. The van der Waals surface area contributed by atoms with Gasteiger partial charge in [0, 0.05) is 30.4 Å². The van der Waals surface area contributed by atoms with E-state index < -0.39 is 106 Å². The summed E-state index contributed by atoms with van der Waals surface area (Å²) >= 11 is 0. The van der Waals surface area contributed by atoms with Gasteiger partial charge in [-0.25, -0.2) is 0 Å². The largest absolute Gasteiger partial charge is 0.493 e. The minimum absolute atomic E-state index is 0.329. The summed E-state index contributed by atoms with van der Waals surface area (Å²) < 4.78 is 150. The van der Waals surface area contributed by atoms with Crippen LogP contribution in [0.3, 0.4) is 0 Å². The predicted molar refractivity (Wildman–Crippen MR) is 110 cm³/mol. The number of hydrogen-bond acceptors (Lipinski definition) is 4. The van der Waals surface area contributed by atoms with Gasteiger partial charge in [-0.1, -0.05) is 30.3 Å². The molecule has 1 atom stereocenters. The van der Waals surface area contributed by atoms with Crippen molar-refractivity contribution in [3.63, 3.8) is 0 Å². The van der Waals surface area contributed by atoms with Gasteiger partial charge in [-0.3, -0.25) is 9.69 Å². The Hall–Kier alpha value is -2.33. The number of rotatable bonds is 6. The van der Waals surface area contributed by atoms with Crippen molar-refractivity contribution in [2.45, 2.75) is 32.1 Å². The van der Waals surface area contributed by atoms with Crippen LogP contribution in [0, 0.1) is 11.8 Å². The van der Waals surface area contributed by atoms with E-state index in [0.717, 1.165) is 0 Å². The number of hydrogen-bond donors (Lipinski definition) is 0. The Morgan fingerprint density at radius 3 is 2.61 bits per heavy atom. The van der Waals surface area contributed by atoms with Crippen molar-refractivity contribution in [1.29, 1.82) is 0 Å². The van der Waals surface area contributed by atoms with Gasteiger partial charge in [0.2, 0.25) is 0 Å². The van der Waals surface area contributed by atoms with Gasteiger partial charge >= 0.3 is 0 Å². The number of likely N-dealkylation sites (tertiary alicyclic amines) is 1. The lowest BCUT2D eigenvalue weighted by molar-refractivity contribution is 0.0895. The number of piperidine rings is 1. The Balaban J connectivity index is 1.81. The van der Waals surface area contributed by atoms with Crippen LogP contribution in [-0.2, 0) is 13.0 Å². The summed E-state index contributed by atoms with van der Waals surface area (Å²) in [5.74, 6) is -7.99. The van der Waals surface area contributed by atoms with E-state index in [9.17, 15) is 4.79 Å². The average molecular weight is 397 g/mol. The van der Waals surface area contributed by atoms with Crippen molar-refractivity contribution >= 4 is 5.78 Å². The zero-order valence-corrected chi connectivity index (χ0v) is 14.8. The second-order valence-corrected chi connectivity index (χ2v) is 6.46. The van der Waals surface area contributed by atoms with Crippen molar-refractivity contribution in [2.24, 2.45) is 11.8 Å². The van der Waals surface area contributed by atoms with Crippen LogP contribution in [0.2, 0.25) is 0 Å². The van der Waals surface area contributed by atoms with Gasteiger partial charge in [0.15, 0.2) is 17.3 Å². The van der Waals surface area contributed by atoms with Gasteiger partial charge in [0.1, 0.15) is 0 Å². The van der Waals surface area contributed by atoms with E-state index in [2.05, 4.69) is 0 Å². The van der Waals surface area contributed by atoms with Gasteiger partial charge < -0.3 is 9.47 Å². The fourth-order valence-electron chi connectivity index (χ4n) is 3.24. The number of ether oxygens (including phenoxy) is 2. The SMILES string of the molecule is [2H]c1c2c(c([2H])c(OC([2H])([2H])[2H])c1OC([2H])([2H])[2H])C(=O)C(CC1([2H])C([2H])([2H])C([2H])([2H])N(Cc3ccccc3)C([2H])([2H])C1([2H])[2H])C2. The normalized spacial score (nSPS) is 38.4. The molecule has 0 aromatic heterocycles. The second kappa shape index (κ2) is 8.36. The first-order chi connectivity index (χ1) is 20.2. The first kappa shape index (κ1) is 7.49. The highest BCUT2D eigenvalue weighted by atomic mass is 16.5. The molecule has 0 bridgehead atoms. The summed E-state index contributed by atoms with van der Waals surface area (Å²) in [5, 5.41) is 0. The maximum absolute atomic E-state index is 13.7. The van der Waals surface area contributed by atoms with E-state index in [0.29, 0.717) is 10.5 Å². The molecular formula is C24H29NO3. The standard InChI is InChI=1S/C24H29NO3/c1-27-22-14-19-13-20(24(26)21(19)15-23(22)28-2)12-17-8-10-25(11-9-17)16-18-6-4-3-5-7-18/h3-7,14-15,17,20H,8-13,16H2,1-2H3/i1D3,2D3,8D2,9D2,10D2,11D2,14D,15D,17D. The van der Waals surface area contributed by atoms with Gasteiger partial charge in [-0.15, -0.1) is 0 Å². The Morgan fingerprint density at radius 1 is 1.18 bits per heavy atom. The van der Waals surface area contributed by atoms with Crippen LogP contribution in [0.15, 0.2) is 42.4 Å². The first-order valence-electron chi connectivity index (χ1n) is 17.1. The van der Waals surface area contributed by atoms with Gasteiger partial charge in [0.25, 0.3) is 0 Å². The molecule has 0 radical (unpaired) electrons. The highest BCUT2D eigenvalue weighted by molar-refractivity contribution is 6.02. The van der Waals surface area contributed by atoms with Crippen LogP contribution in [0.4, 0.5) is 0 Å². The van der Waals surface area contributed by atoms with E-state index in [1.54, 1.807) is 18.2 Å². The molecule has 28 heavy (non-hydrogen) atoms. The smallest absolute Gasteiger partial charge is 0.166 e. The molecule has 1 unspecified atom stereocenters. The molecule has 0 N–H and O–H groups in total. The Morgan fingerprint density at radius 2 is 1.89 bits per heavy atom. The maximum atomic E-state index is 13.7. The van der Waals surface area contributed by atoms with Crippen molar-refractivity contribution in [3.05, 3.63) is 59.1 Å². The molecule has 0 amide bonds. The van der Waals surface area contributed by atoms with Crippen LogP contribution < -0.4 is 9.47 Å². The molecule has 4 heteroatoms. The van der Waals surface area contributed by atoms with Gasteiger partial charge in [0.05, 0.1) is 25.0 Å². The molecule has 4 nitrogen and oxygen atoms in total. The number of nitrogens with zero attached hydrogens (tertiary/aromatic N) is 1. The van der Waals surface area contributed by atoms with Crippen molar-refractivity contribution in [1.82, 2.24) is 4.90 Å². The molecule has 1 saturated heterocycles. The lowest BCUT2D eigenvalue weighted by Gasteiger charge is -2.32. The molecule has 4 rings (SSSR count). The predicted octanol–water partition coefficient (Wildman–Crippen LogP) is 4.36. The van der Waals surface area contributed by atoms with E-state index in [-0.39, 0.29) is 5.56 Å². The molecule has 2 aliphatic rings. The number of fused-ring (bicyclic) bond motifs is 1. The number of carbonyl (C=O) groups is 1. The van der Waals surface area contributed by atoms with Crippen LogP contribution in [-0.4, -0.2) is 37.8 Å². The fraction of sp³-hybridized carbons (Fsp3) is 0.458. The van der Waals surface area contributed by atoms with Crippen LogP contribution >= 0.6 is 0 Å². The maximum Gasteiger partial charge on any atom is 0.166 e. The number of carbonyl (C=O) groups excluding carboxylic acids is 1. The number of ketones is 1. The van der Waals surface area contributed by atoms with Crippen molar-refractivity contribution in [2.75, 3.05) is 27.1 Å². The third-order valence-corrected chi connectivity index (χ3v) is 4.60. The molecule has 148 valence electrons. The Bertz CT molecular complexity index is 1460. The lowest BCUT2D eigenvalue weighted by atomic mass is 9.85. The van der Waals surface area contributed by atoms with E-state index in [1.165, 1.54) is 12.1 Å². The molecule has 2 aromatic carbocycles. The Labute approximate surface area is 191 Å². The molecular weight excluding hydrogens is 350 g/mol. The zero-order valence-electron chi connectivity index (χ0n) is 31.8. The third-order valence-electron chi connectivity index (χ3n) is 4.60. The monoisotopic (exact) mass is 396 g/mol. The molecule has 1 aliphatic heterocycles. The minimum Gasteiger partial charge on any atom is -0.493 e. The highest BCUT2D eigenvalue weighted by Gasteiger charge is 2.34. The third kappa shape index (κ3) is 3.93. The molecule has 1 fully saturated rings. The summed E-state index contributed by atoms with van der Waals surface area (Å²) in [7, 11) is -6.51. The highest BCUT2D eigenvalue weighted by Crippen LogP contribution is 2.39. The zero-order chi connectivity index (χ0) is 34.3. The average Bonchev–Trinajstić information content (AvgIpc) is 3.21. The van der Waals surface area contributed by atoms with E-state index in [1.807, 2.05) is 0 Å². The van der Waals surface area contributed by atoms with Gasteiger partial charge in [-0.2, -0.15) is 0 Å². The molecule has 0 saturated carbocycles. The number of methoxy groups -OCH3 is 2. The second-order valence-electron chi connectivity index (χ2n) is 6.46. The Kier molecular flexibility index (Phi) is 2.24. The number of Topliss-reactive ketones (excluding diaryl/α,β-unsaturated/α-hetero) is 1.